The molecule has 2 N–H and O–H groups in total. The van der Waals surface area contributed by atoms with E-state index in [1.54, 1.807) is 26.2 Å². The Balaban J connectivity index is 2.10. The molecule has 1 aliphatic rings. The molecule has 0 radical (unpaired) electrons. The van der Waals surface area contributed by atoms with Crippen molar-refractivity contribution in [2.75, 3.05) is 26.0 Å². The minimum Gasteiger partial charge on any atom is -0.394 e. The Kier molecular flexibility index (Phi) is 4.77. The Bertz CT molecular complexity index is 489. The van der Waals surface area contributed by atoms with E-state index in [1.807, 2.05) is 0 Å². The fourth-order valence-electron chi connectivity index (χ4n) is 2.97. The normalized spacial score (nSPS) is 25.4. The zero-order valence-electron chi connectivity index (χ0n) is 13.0. The lowest BCUT2D eigenvalue weighted by Gasteiger charge is -2.39. The first kappa shape index (κ1) is 15.7. The van der Waals surface area contributed by atoms with Crippen molar-refractivity contribution in [3.63, 3.8) is 0 Å². The third-order valence-electron chi connectivity index (χ3n) is 4.08. The smallest absolute Gasteiger partial charge is 0.273 e. The molecule has 116 valence electrons. The number of rotatable bonds is 4. The molecule has 1 aromatic heterocycles. The van der Waals surface area contributed by atoms with Gasteiger partial charge in [0.25, 0.3) is 5.91 Å². The molecule has 2 rings (SSSR count). The summed E-state index contributed by atoms with van der Waals surface area (Å²) in [7, 11) is 3.36. The van der Waals surface area contributed by atoms with E-state index >= 15 is 0 Å². The first-order valence-electron chi connectivity index (χ1n) is 7.40. The lowest BCUT2D eigenvalue weighted by atomic mass is 9.77. The molecule has 6 heteroatoms. The van der Waals surface area contributed by atoms with E-state index in [2.05, 4.69) is 22.4 Å². The standard InChI is InChI=1S/C15H24N4O2/c1-11-5-4-8-15(9-11,10-20)16-13-7-6-12(17-18-13)14(21)19(2)3/h6-7,11,20H,4-5,8-10H2,1-3H3,(H,16,18). The average Bonchev–Trinajstić information content (AvgIpc) is 2.47. The van der Waals surface area contributed by atoms with Crippen LogP contribution in [0.2, 0.25) is 0 Å². The number of aromatic nitrogens is 2. The molecule has 0 aromatic carbocycles. The maximum Gasteiger partial charge on any atom is 0.273 e. The maximum atomic E-state index is 11.8. The van der Waals surface area contributed by atoms with Crippen LogP contribution in [0.15, 0.2) is 12.1 Å². The zero-order chi connectivity index (χ0) is 15.5. The van der Waals surface area contributed by atoms with E-state index < -0.39 is 0 Å². The van der Waals surface area contributed by atoms with Crippen LogP contribution in [0.3, 0.4) is 0 Å². The van der Waals surface area contributed by atoms with Gasteiger partial charge in [-0.05, 0) is 30.9 Å². The molecule has 6 nitrogen and oxygen atoms in total. The molecule has 0 saturated heterocycles. The molecular formula is C15H24N4O2. The molecule has 1 aliphatic carbocycles. The van der Waals surface area contributed by atoms with Gasteiger partial charge < -0.3 is 15.3 Å². The van der Waals surface area contributed by atoms with Gasteiger partial charge in [-0.15, -0.1) is 10.2 Å². The van der Waals surface area contributed by atoms with Gasteiger partial charge >= 0.3 is 0 Å². The Morgan fingerprint density at radius 3 is 2.76 bits per heavy atom. The number of anilines is 1. The molecule has 0 aliphatic heterocycles. The summed E-state index contributed by atoms with van der Waals surface area (Å²) in [6, 6.07) is 3.41. The largest absolute Gasteiger partial charge is 0.394 e. The number of aliphatic hydroxyl groups is 1. The number of carbonyl (C=O) groups excluding carboxylic acids is 1. The van der Waals surface area contributed by atoms with Gasteiger partial charge in [-0.1, -0.05) is 19.8 Å². The summed E-state index contributed by atoms with van der Waals surface area (Å²) in [6.45, 7) is 2.28. The summed E-state index contributed by atoms with van der Waals surface area (Å²) in [5.74, 6) is 1.02. The Labute approximate surface area is 125 Å². The monoisotopic (exact) mass is 292 g/mol. The molecule has 0 spiro atoms. The molecule has 0 bridgehead atoms. The van der Waals surface area contributed by atoms with Crippen LogP contribution in [0, 0.1) is 5.92 Å². The van der Waals surface area contributed by atoms with Crippen molar-refractivity contribution < 1.29 is 9.90 Å². The van der Waals surface area contributed by atoms with Crippen LogP contribution in [-0.4, -0.2) is 52.4 Å². The molecule has 1 heterocycles. The number of aliphatic hydroxyl groups excluding tert-OH is 1. The summed E-state index contributed by atoms with van der Waals surface area (Å²) < 4.78 is 0. The predicted octanol–water partition coefficient (Wildman–Crippen LogP) is 1.53. The molecular weight excluding hydrogens is 268 g/mol. The van der Waals surface area contributed by atoms with Crippen molar-refractivity contribution in [2.24, 2.45) is 5.92 Å². The van der Waals surface area contributed by atoms with Gasteiger partial charge in [0.05, 0.1) is 12.1 Å². The quantitative estimate of drug-likeness (QED) is 0.880. The molecule has 1 amide bonds. The Hall–Kier alpha value is -1.69. The maximum absolute atomic E-state index is 11.8. The number of nitrogens with zero attached hydrogens (tertiary/aromatic N) is 3. The summed E-state index contributed by atoms with van der Waals surface area (Å²) >= 11 is 0. The van der Waals surface area contributed by atoms with Crippen LogP contribution < -0.4 is 5.32 Å². The summed E-state index contributed by atoms with van der Waals surface area (Å²) in [4.78, 5) is 13.2. The molecule has 1 fully saturated rings. The highest BCUT2D eigenvalue weighted by Gasteiger charge is 2.34. The first-order valence-corrected chi connectivity index (χ1v) is 7.40. The van der Waals surface area contributed by atoms with Crippen LogP contribution in [0.1, 0.15) is 43.1 Å². The van der Waals surface area contributed by atoms with Gasteiger partial charge in [-0.3, -0.25) is 4.79 Å². The topological polar surface area (TPSA) is 78.4 Å². The SMILES string of the molecule is CC1CCCC(CO)(Nc2ccc(C(=O)N(C)C)nn2)C1. The van der Waals surface area contributed by atoms with Crippen molar-refractivity contribution in [1.82, 2.24) is 15.1 Å². The Morgan fingerprint density at radius 2 is 2.24 bits per heavy atom. The zero-order valence-corrected chi connectivity index (χ0v) is 13.0. The first-order chi connectivity index (χ1) is 9.96. The third kappa shape index (κ3) is 3.69. The second-order valence-corrected chi connectivity index (χ2v) is 6.27. The van der Waals surface area contributed by atoms with Crippen LogP contribution in [0.5, 0.6) is 0 Å². The van der Waals surface area contributed by atoms with E-state index in [0.717, 1.165) is 19.3 Å². The van der Waals surface area contributed by atoms with Crippen LogP contribution in [0.4, 0.5) is 5.82 Å². The summed E-state index contributed by atoms with van der Waals surface area (Å²) in [5, 5.41) is 21.1. The number of carbonyl (C=O) groups is 1. The summed E-state index contributed by atoms with van der Waals surface area (Å²) in [5.41, 5.74) is -0.00000971. The molecule has 2 atom stereocenters. The highest BCUT2D eigenvalue weighted by atomic mass is 16.3. The predicted molar refractivity (Wildman–Crippen MR) is 81.1 cm³/mol. The number of hydrogen-bond donors (Lipinski definition) is 2. The lowest BCUT2D eigenvalue weighted by molar-refractivity contribution is 0.0821. The second kappa shape index (κ2) is 6.39. The highest BCUT2D eigenvalue weighted by molar-refractivity contribution is 5.91. The van der Waals surface area contributed by atoms with Crippen LogP contribution in [0.25, 0.3) is 0 Å². The fourth-order valence-corrected chi connectivity index (χ4v) is 2.97. The molecule has 2 unspecified atom stereocenters. The third-order valence-corrected chi connectivity index (χ3v) is 4.08. The van der Waals surface area contributed by atoms with Crippen molar-refractivity contribution in [3.05, 3.63) is 17.8 Å². The van der Waals surface area contributed by atoms with Gasteiger partial charge in [0.15, 0.2) is 5.69 Å². The Morgan fingerprint density at radius 1 is 1.48 bits per heavy atom. The number of nitrogens with one attached hydrogen (secondary N) is 1. The summed E-state index contributed by atoms with van der Waals surface area (Å²) in [6.07, 6.45) is 4.14. The van der Waals surface area contributed by atoms with Crippen LogP contribution >= 0.6 is 0 Å². The second-order valence-electron chi connectivity index (χ2n) is 6.27. The number of amides is 1. The van der Waals surface area contributed by atoms with E-state index in [4.69, 9.17) is 0 Å². The molecule has 1 aromatic rings. The van der Waals surface area contributed by atoms with Gasteiger partial charge in [-0.2, -0.15) is 0 Å². The molecule has 1 saturated carbocycles. The lowest BCUT2D eigenvalue weighted by Crippen LogP contribution is -2.46. The van der Waals surface area contributed by atoms with E-state index in [0.29, 0.717) is 17.4 Å². The van der Waals surface area contributed by atoms with Gasteiger partial charge in [0, 0.05) is 14.1 Å². The molecule has 21 heavy (non-hydrogen) atoms. The van der Waals surface area contributed by atoms with Gasteiger partial charge in [0.2, 0.25) is 0 Å². The minimum atomic E-state index is -0.320. The van der Waals surface area contributed by atoms with Crippen molar-refractivity contribution in [2.45, 2.75) is 38.1 Å². The fraction of sp³-hybridized carbons (Fsp3) is 0.667. The minimum absolute atomic E-state index is 0.0808. The highest BCUT2D eigenvalue weighted by Crippen LogP contribution is 2.34. The van der Waals surface area contributed by atoms with Crippen molar-refractivity contribution in [3.8, 4) is 0 Å². The van der Waals surface area contributed by atoms with Crippen LogP contribution in [-0.2, 0) is 0 Å². The van der Waals surface area contributed by atoms with E-state index in [9.17, 15) is 9.90 Å². The van der Waals surface area contributed by atoms with E-state index in [-0.39, 0.29) is 18.1 Å². The number of hydrogen-bond acceptors (Lipinski definition) is 5. The van der Waals surface area contributed by atoms with Gasteiger partial charge in [0.1, 0.15) is 5.82 Å². The van der Waals surface area contributed by atoms with E-state index in [1.165, 1.54) is 11.3 Å². The average molecular weight is 292 g/mol. The van der Waals surface area contributed by atoms with Crippen molar-refractivity contribution in [1.29, 1.82) is 0 Å². The van der Waals surface area contributed by atoms with Crippen molar-refractivity contribution >= 4 is 11.7 Å². The van der Waals surface area contributed by atoms with Gasteiger partial charge in [-0.25, -0.2) is 0 Å².